The van der Waals surface area contributed by atoms with Crippen LogP contribution in [0.15, 0.2) is 36.5 Å². The maximum atomic E-state index is 15.5. The van der Waals surface area contributed by atoms with Gasteiger partial charge in [-0.25, -0.2) is 18.7 Å². The van der Waals surface area contributed by atoms with Crippen LogP contribution in [-0.2, 0) is 0 Å². The van der Waals surface area contributed by atoms with Crippen LogP contribution in [0.5, 0.6) is 0 Å². The Labute approximate surface area is 252 Å². The molecule has 0 unspecified atom stereocenters. The lowest BCUT2D eigenvalue weighted by Gasteiger charge is -2.61. The summed E-state index contributed by atoms with van der Waals surface area (Å²) in [6.07, 6.45) is 3.13. The lowest BCUT2D eigenvalue weighted by Crippen LogP contribution is -2.75. The maximum Gasteiger partial charge on any atom is 0.320 e. The molecule has 1 aliphatic carbocycles. The molecule has 1 spiro atoms. The molecule has 4 aliphatic rings. The van der Waals surface area contributed by atoms with E-state index in [4.69, 9.17) is 10.1 Å². The fourth-order valence-corrected chi connectivity index (χ4v) is 7.51. The number of thiazole rings is 1. The first-order chi connectivity index (χ1) is 20.7. The highest BCUT2D eigenvalue weighted by molar-refractivity contribution is 7.16. The molecule has 220 valence electrons. The first kappa shape index (κ1) is 26.4. The molecule has 3 aromatic heterocycles. The summed E-state index contributed by atoms with van der Waals surface area (Å²) >= 11 is 1.35. The van der Waals surface area contributed by atoms with E-state index in [1.54, 1.807) is 9.42 Å². The molecule has 12 heteroatoms. The number of carbonyl (C=O) groups is 1. The van der Waals surface area contributed by atoms with Gasteiger partial charge in [0.25, 0.3) is 0 Å². The molecule has 3 aliphatic heterocycles. The number of hydrogen-bond acceptors (Lipinski definition) is 8. The van der Waals surface area contributed by atoms with Crippen molar-refractivity contribution in [1.29, 1.82) is 5.26 Å². The zero-order valence-corrected chi connectivity index (χ0v) is 24.8. The number of anilines is 3. The molecule has 0 bridgehead atoms. The molecule has 1 N–H and O–H groups in total. The van der Waals surface area contributed by atoms with Gasteiger partial charge in [-0.2, -0.15) is 10.4 Å². The Morgan fingerprint density at radius 3 is 2.53 bits per heavy atom. The number of urea groups is 1. The summed E-state index contributed by atoms with van der Waals surface area (Å²) in [6.45, 7) is 5.49. The number of carbonyl (C=O) groups excluding carboxylic acids is 1. The Morgan fingerprint density at radius 1 is 1.16 bits per heavy atom. The maximum absolute atomic E-state index is 15.5. The molecule has 4 fully saturated rings. The van der Waals surface area contributed by atoms with Crippen molar-refractivity contribution in [1.82, 2.24) is 24.4 Å². The van der Waals surface area contributed by atoms with Crippen LogP contribution in [0.2, 0.25) is 0 Å². The second-order valence-electron chi connectivity index (χ2n) is 12.6. The number of likely N-dealkylation sites (tertiary alicyclic amines) is 2. The summed E-state index contributed by atoms with van der Waals surface area (Å²) < 4.78 is 17.1. The molecule has 1 aromatic carbocycles. The average Bonchev–Trinajstić information content (AvgIpc) is 3.58. The highest BCUT2D eigenvalue weighted by Gasteiger charge is 2.55. The number of aromatic nitrogens is 3. The summed E-state index contributed by atoms with van der Waals surface area (Å²) in [6, 6.07) is 12.2. The molecule has 1 saturated carbocycles. The van der Waals surface area contributed by atoms with Gasteiger partial charge in [0.1, 0.15) is 16.6 Å². The molecule has 2 amide bonds. The van der Waals surface area contributed by atoms with Crippen molar-refractivity contribution in [2.24, 2.45) is 5.41 Å². The first-order valence-electron chi connectivity index (χ1n) is 14.6. The summed E-state index contributed by atoms with van der Waals surface area (Å²) in [4.78, 5) is 25.6. The molecule has 8 rings (SSSR count). The van der Waals surface area contributed by atoms with Gasteiger partial charge in [0.15, 0.2) is 10.9 Å². The second-order valence-corrected chi connectivity index (χ2v) is 13.6. The SMILES string of the molecule is Cc1ccc(-c2nc(N(C)c3c(C4CC4)nn4cc(F)c(N5CC6(CN(C(=O)N7CC(O)C7)C6)C5)cc34)sc2C#N)cc1. The van der Waals surface area contributed by atoms with E-state index in [1.807, 2.05) is 59.0 Å². The fourth-order valence-electron chi connectivity index (χ4n) is 6.65. The predicted octanol–water partition coefficient (Wildman–Crippen LogP) is 4.34. The van der Waals surface area contributed by atoms with Crippen molar-refractivity contribution in [3.63, 3.8) is 0 Å². The Kier molecular flexibility index (Phi) is 5.77. The van der Waals surface area contributed by atoms with Gasteiger partial charge in [-0.05, 0) is 25.8 Å². The van der Waals surface area contributed by atoms with Gasteiger partial charge in [-0.3, -0.25) is 0 Å². The number of nitriles is 1. The van der Waals surface area contributed by atoms with Crippen molar-refractivity contribution in [2.75, 3.05) is 56.1 Å². The molecule has 4 aromatic rings. The summed E-state index contributed by atoms with van der Waals surface area (Å²) in [5.74, 6) is -0.0139. The van der Waals surface area contributed by atoms with Crippen LogP contribution in [0.3, 0.4) is 0 Å². The van der Waals surface area contributed by atoms with E-state index in [0.717, 1.165) is 40.9 Å². The Hall–Kier alpha value is -4.21. The van der Waals surface area contributed by atoms with Crippen LogP contribution >= 0.6 is 11.3 Å². The third kappa shape index (κ3) is 4.24. The largest absolute Gasteiger partial charge is 0.389 e. The van der Waals surface area contributed by atoms with Crippen molar-refractivity contribution < 1.29 is 14.3 Å². The molecule has 3 saturated heterocycles. The van der Waals surface area contributed by atoms with E-state index in [2.05, 4.69) is 6.07 Å². The number of aryl methyl sites for hydroxylation is 1. The third-order valence-electron chi connectivity index (χ3n) is 9.18. The number of hydrogen-bond donors (Lipinski definition) is 1. The predicted molar refractivity (Wildman–Crippen MR) is 161 cm³/mol. The number of β-amino-alcohol motifs (C(OH)–C–C–N with tert-alkyl or cyclic N) is 1. The molecule has 10 nitrogen and oxygen atoms in total. The van der Waals surface area contributed by atoms with Gasteiger partial charge >= 0.3 is 6.03 Å². The summed E-state index contributed by atoms with van der Waals surface area (Å²) in [5, 5.41) is 24.9. The van der Waals surface area contributed by atoms with Gasteiger partial charge in [0.2, 0.25) is 0 Å². The number of nitrogens with zero attached hydrogens (tertiary/aromatic N) is 8. The van der Waals surface area contributed by atoms with E-state index in [-0.39, 0.29) is 17.3 Å². The monoisotopic (exact) mass is 598 g/mol. The van der Waals surface area contributed by atoms with Crippen molar-refractivity contribution >= 4 is 39.4 Å². The number of rotatable bonds is 5. The van der Waals surface area contributed by atoms with Gasteiger partial charge in [0.05, 0.1) is 48.0 Å². The molecule has 0 atom stereocenters. The zero-order valence-electron chi connectivity index (χ0n) is 24.0. The Balaban J connectivity index is 1.08. The fraction of sp³-hybridized carbons (Fsp3) is 0.419. The van der Waals surface area contributed by atoms with Crippen LogP contribution in [0.1, 0.15) is 34.9 Å². The number of fused-ring (bicyclic) bond motifs is 1. The van der Waals surface area contributed by atoms with E-state index in [9.17, 15) is 15.2 Å². The third-order valence-corrected chi connectivity index (χ3v) is 10.2. The normalized spacial score (nSPS) is 19.3. The minimum atomic E-state index is -0.413. The van der Waals surface area contributed by atoms with Gasteiger partial charge < -0.3 is 24.7 Å². The molecule has 0 radical (unpaired) electrons. The molecular formula is C31H31FN8O2S. The van der Waals surface area contributed by atoms with Crippen molar-refractivity contribution in [2.45, 2.75) is 31.8 Å². The number of benzene rings is 1. The van der Waals surface area contributed by atoms with Crippen molar-refractivity contribution in [3.8, 4) is 17.3 Å². The zero-order chi connectivity index (χ0) is 29.6. The van der Waals surface area contributed by atoms with Crippen LogP contribution in [0, 0.1) is 29.5 Å². The second kappa shape index (κ2) is 9.39. The lowest BCUT2D eigenvalue weighted by molar-refractivity contribution is -0.0330. The quantitative estimate of drug-likeness (QED) is 0.365. The van der Waals surface area contributed by atoms with Gasteiger partial charge in [-0.1, -0.05) is 41.2 Å². The minimum Gasteiger partial charge on any atom is -0.389 e. The standard InChI is InChI=1S/C31H31FN8O2S/c1-18-3-5-19(6-4-18)26-25(10-33)43-29(34-26)36(2)28-24-9-23(22(32)13-40(24)35-27(28)20-7-8-20)38-14-31(15-38)16-39(17-31)30(42)37-11-21(41)12-37/h3-6,9,13,20-21,41H,7-8,11-12,14-17H2,1-2H3. The summed E-state index contributed by atoms with van der Waals surface area (Å²) in [7, 11) is 1.94. The number of pyridine rings is 1. The molecule has 6 heterocycles. The number of amides is 2. The Morgan fingerprint density at radius 2 is 1.88 bits per heavy atom. The highest BCUT2D eigenvalue weighted by atomic mass is 32.1. The minimum absolute atomic E-state index is 0.0162. The molecule has 43 heavy (non-hydrogen) atoms. The van der Waals surface area contributed by atoms with Crippen LogP contribution in [0.25, 0.3) is 16.8 Å². The van der Waals surface area contributed by atoms with Gasteiger partial charge in [0, 0.05) is 50.1 Å². The van der Waals surface area contributed by atoms with Crippen LogP contribution in [-0.4, -0.2) is 88.0 Å². The molecular weight excluding hydrogens is 567 g/mol. The first-order valence-corrected chi connectivity index (χ1v) is 15.4. The topological polar surface area (TPSA) is 104 Å². The smallest absolute Gasteiger partial charge is 0.320 e. The number of aliphatic hydroxyl groups excluding tert-OH is 1. The van der Waals surface area contributed by atoms with E-state index in [0.29, 0.717) is 66.6 Å². The van der Waals surface area contributed by atoms with Crippen LogP contribution < -0.4 is 9.80 Å². The highest BCUT2D eigenvalue weighted by Crippen LogP contribution is 2.49. The van der Waals surface area contributed by atoms with Crippen LogP contribution in [0.4, 0.5) is 25.7 Å². The van der Waals surface area contributed by atoms with Crippen molar-refractivity contribution in [3.05, 3.63) is 58.5 Å². The Bertz CT molecular complexity index is 1800. The summed E-state index contributed by atoms with van der Waals surface area (Å²) in [5.41, 5.74) is 5.83. The van der Waals surface area contributed by atoms with E-state index < -0.39 is 6.10 Å². The van der Waals surface area contributed by atoms with Gasteiger partial charge in [-0.15, -0.1) is 0 Å². The average molecular weight is 599 g/mol. The number of halogens is 1. The van der Waals surface area contributed by atoms with E-state index >= 15 is 4.39 Å². The lowest BCUT2D eigenvalue weighted by atomic mass is 9.72. The number of aliphatic hydroxyl groups is 1. The van der Waals surface area contributed by atoms with E-state index in [1.165, 1.54) is 17.5 Å².